The maximum atomic E-state index is 12.1. The summed E-state index contributed by atoms with van der Waals surface area (Å²) in [5.74, 6) is -0.223. The van der Waals surface area contributed by atoms with Crippen LogP contribution in [-0.4, -0.2) is 104 Å². The van der Waals surface area contributed by atoms with Crippen LogP contribution in [0.3, 0.4) is 0 Å². The van der Waals surface area contributed by atoms with E-state index < -0.39 is 42.5 Å². The highest BCUT2D eigenvalue weighted by molar-refractivity contribution is 6.32. The fourth-order valence-corrected chi connectivity index (χ4v) is 8.69. The van der Waals surface area contributed by atoms with Gasteiger partial charge in [0.15, 0.2) is 0 Å². The minimum absolute atomic E-state index is 0.0215. The Balaban J connectivity index is 1.10. The predicted molar refractivity (Wildman–Crippen MR) is 242 cm³/mol. The van der Waals surface area contributed by atoms with Gasteiger partial charge in [0.25, 0.3) is 0 Å². The molecule has 1 aliphatic rings. The maximum Gasteiger partial charge on any atom is 0.338 e. The molecule has 1 fully saturated rings. The van der Waals surface area contributed by atoms with Crippen molar-refractivity contribution >= 4 is 45.3 Å². The first kappa shape index (κ1) is 47.1. The van der Waals surface area contributed by atoms with Gasteiger partial charge in [0.05, 0.1) is 64.4 Å². The number of rotatable bonds is 21. The van der Waals surface area contributed by atoms with E-state index in [0.29, 0.717) is 62.4 Å². The van der Waals surface area contributed by atoms with Gasteiger partial charge in [-0.3, -0.25) is 9.36 Å². The van der Waals surface area contributed by atoms with Crippen molar-refractivity contribution in [3.8, 4) is 23.0 Å². The molecule has 7 rings (SSSR count). The summed E-state index contributed by atoms with van der Waals surface area (Å²) in [6.45, 7) is 5.96. The molecule has 0 aliphatic heterocycles. The highest BCUT2D eigenvalue weighted by Crippen LogP contribution is 2.37. The third-order valence-corrected chi connectivity index (χ3v) is 12.2. The largest absolute Gasteiger partial charge is 0.496 e. The van der Waals surface area contributed by atoms with E-state index in [9.17, 15) is 30.0 Å². The number of carboxylic acids is 2. The molecule has 65 heavy (non-hydrogen) atoms. The molecule has 1 unspecified atom stereocenters. The minimum atomic E-state index is -1.19. The number of benzene rings is 4. The number of aromatic carboxylic acids is 2. The Labute approximate surface area is 381 Å². The van der Waals surface area contributed by atoms with E-state index in [1.54, 1.807) is 85.6 Å². The summed E-state index contributed by atoms with van der Waals surface area (Å²) in [5.41, 5.74) is 3.10. The topological polar surface area (TPSA) is 206 Å². The molecule has 0 spiro atoms. The molecule has 1 saturated carbocycles. The molecular weight excluding hydrogens is 860 g/mol. The second kappa shape index (κ2) is 20.5. The van der Waals surface area contributed by atoms with Crippen LogP contribution in [0.5, 0.6) is 23.0 Å². The van der Waals surface area contributed by atoms with Gasteiger partial charge in [-0.2, -0.15) is 10.2 Å². The summed E-state index contributed by atoms with van der Waals surface area (Å²) >= 11 is 6.24. The van der Waals surface area contributed by atoms with E-state index in [0.717, 1.165) is 31.2 Å². The number of halogens is 1. The molecular formula is C48H55ClN4O12. The smallest absolute Gasteiger partial charge is 0.338 e. The lowest BCUT2D eigenvalue weighted by molar-refractivity contribution is -0.0857. The van der Waals surface area contributed by atoms with E-state index in [2.05, 4.69) is 10.2 Å². The Kier molecular flexibility index (Phi) is 14.8. The Morgan fingerprint density at radius 3 is 1.85 bits per heavy atom. The Bertz CT molecular complexity index is 2630. The van der Waals surface area contributed by atoms with Crippen LogP contribution in [-0.2, 0) is 22.6 Å². The number of ether oxygens (including phenoxy) is 6. The normalized spacial score (nSPS) is 15.5. The van der Waals surface area contributed by atoms with E-state index >= 15 is 0 Å². The number of carboxylic acid groups (broad SMARTS) is 2. The van der Waals surface area contributed by atoms with Crippen LogP contribution in [0.2, 0.25) is 5.02 Å². The van der Waals surface area contributed by atoms with E-state index in [-0.39, 0.29) is 47.5 Å². The quantitative estimate of drug-likeness (QED) is 0.0538. The third-order valence-electron chi connectivity index (χ3n) is 12.0. The molecule has 16 nitrogen and oxygen atoms in total. The first-order chi connectivity index (χ1) is 31.2. The lowest BCUT2D eigenvalue weighted by Crippen LogP contribution is -2.32. The minimum Gasteiger partial charge on any atom is -0.496 e. The average Bonchev–Trinajstić information content (AvgIpc) is 4.05. The van der Waals surface area contributed by atoms with Crippen LogP contribution >= 0.6 is 11.6 Å². The Hall–Kier alpha value is -5.91. The van der Waals surface area contributed by atoms with Crippen molar-refractivity contribution in [2.24, 2.45) is 0 Å². The van der Waals surface area contributed by atoms with Gasteiger partial charge in [-0.25, -0.2) is 9.59 Å². The van der Waals surface area contributed by atoms with Crippen LogP contribution in [0, 0.1) is 13.8 Å². The lowest BCUT2D eigenvalue weighted by atomic mass is 10.0. The molecule has 2 heterocycles. The fourth-order valence-electron chi connectivity index (χ4n) is 8.46. The highest BCUT2D eigenvalue weighted by Gasteiger charge is 2.31. The highest BCUT2D eigenvalue weighted by atomic mass is 35.5. The SMILES string of the molecule is COc1cc([C@@H](O)[C@H](Cn2cc3cccc(C(=O)O)c3n2)OC(C)CCOc2cc([C@@H](O)[C@H](Cn3cc4cc(Cl)cc(C(=O)O)c4n3)OC3CCCC3)cc(OC)c2C)cc(OC)c1C. The number of aliphatic hydroxyl groups excluding tert-OH is 2. The van der Waals surface area contributed by atoms with Gasteiger partial charge in [-0.1, -0.05) is 36.6 Å². The summed E-state index contributed by atoms with van der Waals surface area (Å²) in [6.07, 6.45) is 3.01. The molecule has 4 aromatic carbocycles. The van der Waals surface area contributed by atoms with Crippen LogP contribution in [0.4, 0.5) is 0 Å². The first-order valence-corrected chi connectivity index (χ1v) is 21.9. The predicted octanol–water partition coefficient (Wildman–Crippen LogP) is 8.12. The zero-order valence-electron chi connectivity index (χ0n) is 37.2. The van der Waals surface area contributed by atoms with Gasteiger partial charge < -0.3 is 48.8 Å². The van der Waals surface area contributed by atoms with Crippen molar-refractivity contribution in [1.29, 1.82) is 0 Å². The van der Waals surface area contributed by atoms with Crippen molar-refractivity contribution < 1.29 is 58.4 Å². The van der Waals surface area contributed by atoms with Gasteiger partial charge in [0.1, 0.15) is 58.4 Å². The van der Waals surface area contributed by atoms with Crippen LogP contribution in [0.15, 0.2) is 67.0 Å². The van der Waals surface area contributed by atoms with Crippen molar-refractivity contribution in [3.05, 3.63) is 105 Å². The molecule has 346 valence electrons. The van der Waals surface area contributed by atoms with E-state index in [1.807, 2.05) is 20.8 Å². The van der Waals surface area contributed by atoms with Crippen molar-refractivity contribution in [3.63, 3.8) is 0 Å². The molecule has 5 atom stereocenters. The summed E-state index contributed by atoms with van der Waals surface area (Å²) in [4.78, 5) is 24.0. The van der Waals surface area contributed by atoms with Crippen LogP contribution in [0.25, 0.3) is 21.8 Å². The van der Waals surface area contributed by atoms with Gasteiger partial charge >= 0.3 is 11.9 Å². The van der Waals surface area contributed by atoms with Gasteiger partial charge in [-0.15, -0.1) is 0 Å². The summed E-state index contributed by atoms with van der Waals surface area (Å²) in [6, 6.07) is 14.9. The second-order valence-corrected chi connectivity index (χ2v) is 16.9. The summed E-state index contributed by atoms with van der Waals surface area (Å²) in [7, 11) is 4.62. The molecule has 4 N–H and O–H groups in total. The number of methoxy groups -OCH3 is 3. The van der Waals surface area contributed by atoms with Crippen LogP contribution in [0.1, 0.15) is 94.2 Å². The molecule has 17 heteroatoms. The third kappa shape index (κ3) is 10.6. The molecule has 0 amide bonds. The zero-order chi connectivity index (χ0) is 46.5. The zero-order valence-corrected chi connectivity index (χ0v) is 37.9. The Morgan fingerprint density at radius 2 is 1.26 bits per heavy atom. The van der Waals surface area contributed by atoms with Gasteiger partial charge in [-0.05, 0) is 87.2 Å². The Morgan fingerprint density at radius 1 is 0.738 bits per heavy atom. The number of hydrogen-bond acceptors (Lipinski definition) is 12. The lowest BCUT2D eigenvalue weighted by Gasteiger charge is -2.28. The fraction of sp³-hybridized carbons (Fsp3) is 0.417. The van der Waals surface area contributed by atoms with Crippen molar-refractivity contribution in [2.75, 3.05) is 27.9 Å². The second-order valence-electron chi connectivity index (χ2n) is 16.4. The van der Waals surface area contributed by atoms with Gasteiger partial charge in [0.2, 0.25) is 0 Å². The average molecular weight is 915 g/mol. The first-order valence-electron chi connectivity index (χ1n) is 21.5. The molecule has 0 bridgehead atoms. The monoisotopic (exact) mass is 914 g/mol. The molecule has 6 aromatic rings. The van der Waals surface area contributed by atoms with Crippen molar-refractivity contribution in [2.45, 2.75) is 103 Å². The molecule has 1 aliphatic carbocycles. The van der Waals surface area contributed by atoms with E-state index in [1.165, 1.54) is 12.1 Å². The number of hydrogen-bond donors (Lipinski definition) is 4. The number of nitrogens with zero attached hydrogens (tertiary/aromatic N) is 4. The molecule has 0 saturated heterocycles. The van der Waals surface area contributed by atoms with E-state index in [4.69, 9.17) is 40.0 Å². The summed E-state index contributed by atoms with van der Waals surface area (Å²) < 4.78 is 39.6. The van der Waals surface area contributed by atoms with Crippen LogP contribution < -0.4 is 18.9 Å². The number of carbonyl (C=O) groups is 2. The standard InChI is InChI=1S/C48H55ClN4O12/c1-26(64-41(45(54)30-17-37(60-4)27(2)38(18-30)61-5)24-52-22-29-10-9-13-35(47(56)57)43(29)50-52)14-15-63-40-20-31(19-39(62-6)28(40)3)46(55)42(65-34-11-7-8-12-34)25-53-23-32-16-33(49)21-36(48(58)59)44(32)51-53/h9-10,13,16-23,26,34,41-42,45-46,54-55H,7-8,11-12,14-15,24-25H2,1-6H3,(H,56,57)(H,58,59)/t26?,41-,42-,45+,46+/m0/s1. The maximum absolute atomic E-state index is 12.1. The number of aliphatic hydroxyl groups is 2. The van der Waals surface area contributed by atoms with Crippen molar-refractivity contribution in [1.82, 2.24) is 19.6 Å². The molecule has 2 aromatic heterocycles. The number of aromatic nitrogens is 4. The van der Waals surface area contributed by atoms with Gasteiger partial charge in [0, 0.05) is 45.7 Å². The molecule has 0 radical (unpaired) electrons. The number of fused-ring (bicyclic) bond motifs is 2. The summed E-state index contributed by atoms with van der Waals surface area (Å²) in [5, 5.41) is 54.2.